The molecule has 3 rings (SSSR count). The van der Waals surface area contributed by atoms with Gasteiger partial charge in [-0.25, -0.2) is 4.98 Å². The van der Waals surface area contributed by atoms with E-state index in [2.05, 4.69) is 15.3 Å². The van der Waals surface area contributed by atoms with Crippen molar-refractivity contribution >= 4 is 17.5 Å². The number of carbonyl (C=O) groups is 2. The van der Waals surface area contributed by atoms with Crippen LogP contribution in [-0.4, -0.2) is 28.9 Å². The third-order valence-electron chi connectivity index (χ3n) is 3.71. The van der Waals surface area contributed by atoms with Crippen molar-refractivity contribution in [1.29, 1.82) is 0 Å². The largest absolute Gasteiger partial charge is 0.480 e. The number of aromatic nitrogens is 2. The van der Waals surface area contributed by atoms with E-state index in [9.17, 15) is 14.4 Å². The first-order valence-electron chi connectivity index (χ1n) is 7.37. The molecule has 24 heavy (non-hydrogen) atoms. The van der Waals surface area contributed by atoms with Gasteiger partial charge in [0.15, 0.2) is 0 Å². The third-order valence-corrected chi connectivity index (χ3v) is 3.71. The number of hydrogen-bond acceptors (Lipinski definition) is 5. The van der Waals surface area contributed by atoms with Gasteiger partial charge in [-0.05, 0) is 30.9 Å². The van der Waals surface area contributed by atoms with E-state index < -0.39 is 11.8 Å². The van der Waals surface area contributed by atoms with Crippen LogP contribution in [0.3, 0.4) is 0 Å². The summed E-state index contributed by atoms with van der Waals surface area (Å²) in [6.07, 6.45) is 3.36. The molecule has 0 radical (unpaired) electrons. The molecule has 8 nitrogen and oxygen atoms in total. The predicted molar refractivity (Wildman–Crippen MR) is 86.3 cm³/mol. The number of aromatic amines is 1. The highest BCUT2D eigenvalue weighted by molar-refractivity contribution is 6.05. The second-order valence-corrected chi connectivity index (χ2v) is 5.56. The lowest BCUT2D eigenvalue weighted by molar-refractivity contribution is 0.0992. The molecule has 2 aromatic rings. The number of rotatable bonds is 5. The summed E-state index contributed by atoms with van der Waals surface area (Å²) in [5.41, 5.74) is 6.29. The summed E-state index contributed by atoms with van der Waals surface area (Å²) in [5, 5.41) is 2.60. The maximum atomic E-state index is 12.4. The first-order chi connectivity index (χ1) is 11.5. The first kappa shape index (κ1) is 15.7. The number of pyridine rings is 2. The highest BCUT2D eigenvalue weighted by Crippen LogP contribution is 2.38. The van der Waals surface area contributed by atoms with E-state index in [1.807, 2.05) is 0 Å². The summed E-state index contributed by atoms with van der Waals surface area (Å²) in [4.78, 5) is 42.1. The van der Waals surface area contributed by atoms with Crippen molar-refractivity contribution < 1.29 is 14.3 Å². The maximum Gasteiger partial charge on any atom is 0.255 e. The molecule has 0 aliphatic heterocycles. The Labute approximate surface area is 137 Å². The number of nitrogens with two attached hydrogens (primary N) is 1. The summed E-state index contributed by atoms with van der Waals surface area (Å²) in [7, 11) is 1.36. The second-order valence-electron chi connectivity index (χ2n) is 5.56. The molecular weight excluding hydrogens is 312 g/mol. The van der Waals surface area contributed by atoms with Gasteiger partial charge in [0.25, 0.3) is 11.8 Å². The number of H-pyrrole nitrogens is 1. The molecule has 2 heterocycles. The fourth-order valence-corrected chi connectivity index (χ4v) is 2.37. The van der Waals surface area contributed by atoms with E-state index in [0.717, 1.165) is 18.5 Å². The van der Waals surface area contributed by atoms with Gasteiger partial charge in [0, 0.05) is 17.3 Å². The minimum absolute atomic E-state index is 0.0554. The van der Waals surface area contributed by atoms with Crippen LogP contribution in [0.25, 0.3) is 0 Å². The average Bonchev–Trinajstić information content (AvgIpc) is 3.39. The van der Waals surface area contributed by atoms with Crippen LogP contribution in [0.2, 0.25) is 0 Å². The highest BCUT2D eigenvalue weighted by Gasteiger charge is 2.25. The van der Waals surface area contributed by atoms with Crippen LogP contribution < -0.4 is 21.3 Å². The van der Waals surface area contributed by atoms with Crippen LogP contribution in [0.4, 0.5) is 5.69 Å². The standard InChI is InChI=1S/C16H16N4O4/c1-24-16-11(14(17)22)6-10(7-18-16)19-15(23)9-4-12(8-2-3-8)20-13(21)5-9/h4-8H,2-3H2,1H3,(H2,17,22)(H,19,23)(H,20,21). The van der Waals surface area contributed by atoms with E-state index in [4.69, 9.17) is 10.5 Å². The Morgan fingerprint density at radius 2 is 2.08 bits per heavy atom. The van der Waals surface area contributed by atoms with Gasteiger partial charge in [-0.15, -0.1) is 0 Å². The van der Waals surface area contributed by atoms with Crippen LogP contribution in [-0.2, 0) is 0 Å². The molecule has 8 heteroatoms. The van der Waals surface area contributed by atoms with Crippen molar-refractivity contribution in [3.8, 4) is 5.88 Å². The molecule has 1 saturated carbocycles. The van der Waals surface area contributed by atoms with Gasteiger partial charge in [-0.2, -0.15) is 0 Å². The van der Waals surface area contributed by atoms with Gasteiger partial charge >= 0.3 is 0 Å². The SMILES string of the molecule is COc1ncc(NC(=O)c2cc(C3CC3)[nH]c(=O)c2)cc1C(N)=O. The fraction of sp³-hybridized carbons (Fsp3) is 0.250. The average molecular weight is 328 g/mol. The van der Waals surface area contributed by atoms with Crippen LogP contribution >= 0.6 is 0 Å². The van der Waals surface area contributed by atoms with Crippen LogP contribution in [0.5, 0.6) is 5.88 Å². The molecule has 1 aliphatic rings. The second kappa shape index (κ2) is 6.15. The number of primary amides is 1. The molecule has 1 aliphatic carbocycles. The number of nitrogens with zero attached hydrogens (tertiary/aromatic N) is 1. The highest BCUT2D eigenvalue weighted by atomic mass is 16.5. The van der Waals surface area contributed by atoms with Gasteiger partial charge in [-0.3, -0.25) is 14.4 Å². The zero-order chi connectivity index (χ0) is 17.3. The topological polar surface area (TPSA) is 127 Å². The van der Waals surface area contributed by atoms with E-state index in [1.54, 1.807) is 6.07 Å². The number of amides is 2. The Morgan fingerprint density at radius 1 is 1.33 bits per heavy atom. The lowest BCUT2D eigenvalue weighted by Crippen LogP contribution is -2.18. The summed E-state index contributed by atoms with van der Waals surface area (Å²) in [6.45, 7) is 0. The zero-order valence-corrected chi connectivity index (χ0v) is 13.0. The third kappa shape index (κ3) is 3.27. The summed E-state index contributed by atoms with van der Waals surface area (Å²) in [5.74, 6) is -0.796. The Bertz CT molecular complexity index is 871. The Balaban J connectivity index is 1.86. The Morgan fingerprint density at radius 3 is 2.71 bits per heavy atom. The number of ether oxygens (including phenoxy) is 1. The lowest BCUT2D eigenvalue weighted by Gasteiger charge is -2.09. The van der Waals surface area contributed by atoms with Crippen molar-refractivity contribution in [3.05, 3.63) is 51.6 Å². The molecule has 0 bridgehead atoms. The summed E-state index contributed by atoms with van der Waals surface area (Å²) in [6, 6.07) is 4.27. The normalized spacial score (nSPS) is 13.4. The molecule has 1 fully saturated rings. The minimum Gasteiger partial charge on any atom is -0.480 e. The van der Waals surface area contributed by atoms with Gasteiger partial charge in [-0.1, -0.05) is 0 Å². The van der Waals surface area contributed by atoms with Gasteiger partial charge < -0.3 is 20.8 Å². The molecule has 0 atom stereocenters. The quantitative estimate of drug-likeness (QED) is 0.754. The smallest absolute Gasteiger partial charge is 0.255 e. The molecule has 124 valence electrons. The molecule has 2 aromatic heterocycles. The van der Waals surface area contributed by atoms with Crippen LogP contribution in [0, 0.1) is 0 Å². The molecule has 4 N–H and O–H groups in total. The molecule has 0 aromatic carbocycles. The molecular formula is C16H16N4O4. The number of methoxy groups -OCH3 is 1. The number of anilines is 1. The van der Waals surface area contributed by atoms with E-state index in [-0.39, 0.29) is 28.3 Å². The lowest BCUT2D eigenvalue weighted by atomic mass is 10.1. The van der Waals surface area contributed by atoms with Crippen LogP contribution in [0.1, 0.15) is 45.2 Å². The van der Waals surface area contributed by atoms with Crippen molar-refractivity contribution in [3.63, 3.8) is 0 Å². The van der Waals surface area contributed by atoms with Gasteiger partial charge in [0.1, 0.15) is 5.56 Å². The fourth-order valence-electron chi connectivity index (χ4n) is 2.37. The van der Waals surface area contributed by atoms with Gasteiger partial charge in [0.05, 0.1) is 19.0 Å². The molecule has 0 saturated heterocycles. The molecule has 2 amide bonds. The Kier molecular flexibility index (Phi) is 4.03. The number of hydrogen-bond donors (Lipinski definition) is 3. The Hall–Kier alpha value is -3.16. The van der Waals surface area contributed by atoms with E-state index >= 15 is 0 Å². The number of carbonyl (C=O) groups excluding carboxylic acids is 2. The first-order valence-corrected chi connectivity index (χ1v) is 7.37. The molecule has 0 unspecified atom stereocenters. The van der Waals surface area contributed by atoms with E-state index in [0.29, 0.717) is 5.92 Å². The van der Waals surface area contributed by atoms with E-state index in [1.165, 1.54) is 25.4 Å². The molecule has 0 spiro atoms. The zero-order valence-electron chi connectivity index (χ0n) is 13.0. The summed E-state index contributed by atoms with van der Waals surface area (Å²) < 4.78 is 4.95. The van der Waals surface area contributed by atoms with Gasteiger partial charge in [0.2, 0.25) is 11.4 Å². The van der Waals surface area contributed by atoms with Crippen molar-refractivity contribution in [1.82, 2.24) is 9.97 Å². The van der Waals surface area contributed by atoms with Crippen molar-refractivity contribution in [2.45, 2.75) is 18.8 Å². The predicted octanol–water partition coefficient (Wildman–Crippen LogP) is 1.01. The van der Waals surface area contributed by atoms with Crippen molar-refractivity contribution in [2.24, 2.45) is 5.73 Å². The number of nitrogens with one attached hydrogen (secondary N) is 2. The monoisotopic (exact) mass is 328 g/mol. The summed E-state index contributed by atoms with van der Waals surface area (Å²) >= 11 is 0. The van der Waals surface area contributed by atoms with Crippen LogP contribution in [0.15, 0.2) is 29.2 Å². The van der Waals surface area contributed by atoms with Crippen molar-refractivity contribution in [2.75, 3.05) is 12.4 Å². The minimum atomic E-state index is -0.720. The maximum absolute atomic E-state index is 12.4.